The van der Waals surface area contributed by atoms with E-state index < -0.39 is 9.84 Å². The molecule has 0 bridgehead atoms. The van der Waals surface area contributed by atoms with E-state index in [2.05, 4.69) is 29.0 Å². The molecule has 28 heavy (non-hydrogen) atoms. The molecule has 148 valence electrons. The number of hydrogen-bond acceptors (Lipinski definition) is 6. The Hall–Kier alpha value is -2.64. The minimum Gasteiger partial charge on any atom is -0.419 e. The Morgan fingerprint density at radius 3 is 2.18 bits per heavy atom. The fourth-order valence-corrected chi connectivity index (χ4v) is 4.18. The second kappa shape index (κ2) is 9.03. The number of sulfone groups is 1. The average Bonchev–Trinajstić information content (AvgIpc) is 3.18. The molecule has 0 aliphatic heterocycles. The van der Waals surface area contributed by atoms with Crippen molar-refractivity contribution in [2.45, 2.75) is 23.8 Å². The van der Waals surface area contributed by atoms with E-state index in [1.165, 1.54) is 0 Å². The number of oxazole rings is 1. The van der Waals surface area contributed by atoms with Gasteiger partial charge in [0.15, 0.2) is 0 Å². The van der Waals surface area contributed by atoms with Gasteiger partial charge in [-0.05, 0) is 37.4 Å². The normalized spacial score (nSPS) is 11.7. The number of benzene rings is 2. The zero-order chi connectivity index (χ0) is 20.0. The number of hydrogen-bond donors (Lipinski definition) is 1. The molecule has 0 aliphatic rings. The molecule has 0 amide bonds. The van der Waals surface area contributed by atoms with Gasteiger partial charge in [0.2, 0.25) is 26.6 Å². The summed E-state index contributed by atoms with van der Waals surface area (Å²) in [6.07, 6.45) is 0. The van der Waals surface area contributed by atoms with Crippen LogP contribution in [-0.4, -0.2) is 44.5 Å². The topological polar surface area (TPSA) is 75.4 Å². The van der Waals surface area contributed by atoms with Crippen molar-refractivity contribution in [1.82, 2.24) is 9.88 Å². The van der Waals surface area contributed by atoms with E-state index in [9.17, 15) is 8.42 Å². The lowest BCUT2D eigenvalue weighted by molar-refractivity contribution is 0.315. The molecule has 0 saturated carbocycles. The minimum absolute atomic E-state index is 0.0860. The molecule has 2 aromatic carbocycles. The predicted octanol–water partition coefficient (Wildman–Crippen LogP) is 3.93. The van der Waals surface area contributed by atoms with Crippen LogP contribution in [0.2, 0.25) is 0 Å². The molecule has 3 aromatic rings. The summed E-state index contributed by atoms with van der Waals surface area (Å²) in [4.78, 5) is 6.77. The highest BCUT2D eigenvalue weighted by atomic mass is 32.2. The monoisotopic (exact) mass is 399 g/mol. The van der Waals surface area contributed by atoms with E-state index >= 15 is 0 Å². The van der Waals surface area contributed by atoms with E-state index in [-0.39, 0.29) is 21.7 Å². The lowest BCUT2D eigenvalue weighted by Gasteiger charge is -2.17. The molecule has 0 radical (unpaired) electrons. The van der Waals surface area contributed by atoms with Gasteiger partial charge in [0.05, 0.1) is 4.90 Å². The molecule has 1 N–H and O–H groups in total. The second-order valence-corrected chi connectivity index (χ2v) is 8.15. The van der Waals surface area contributed by atoms with Crippen molar-refractivity contribution in [3.63, 3.8) is 0 Å². The van der Waals surface area contributed by atoms with Gasteiger partial charge in [0.25, 0.3) is 0 Å². The van der Waals surface area contributed by atoms with Crippen molar-refractivity contribution in [2.24, 2.45) is 0 Å². The molecule has 6 nitrogen and oxygen atoms in total. The number of anilines is 1. The van der Waals surface area contributed by atoms with Gasteiger partial charge >= 0.3 is 0 Å². The van der Waals surface area contributed by atoms with Crippen LogP contribution in [0.1, 0.15) is 13.8 Å². The van der Waals surface area contributed by atoms with E-state index in [0.717, 1.165) is 25.2 Å². The summed E-state index contributed by atoms with van der Waals surface area (Å²) in [5.74, 6) is 0.454. The van der Waals surface area contributed by atoms with Crippen molar-refractivity contribution in [1.29, 1.82) is 0 Å². The maximum Gasteiger partial charge on any atom is 0.233 e. The largest absolute Gasteiger partial charge is 0.419 e. The predicted molar refractivity (Wildman–Crippen MR) is 110 cm³/mol. The zero-order valence-electron chi connectivity index (χ0n) is 16.1. The zero-order valence-corrected chi connectivity index (χ0v) is 16.9. The number of aromatic nitrogens is 1. The fraction of sp³-hybridized carbons (Fsp3) is 0.286. The summed E-state index contributed by atoms with van der Waals surface area (Å²) in [6.45, 7) is 7.38. The first-order valence-corrected chi connectivity index (χ1v) is 10.9. The molecule has 0 saturated heterocycles. The van der Waals surface area contributed by atoms with Crippen LogP contribution in [0.5, 0.6) is 0 Å². The van der Waals surface area contributed by atoms with Gasteiger partial charge in [-0.25, -0.2) is 8.42 Å². The maximum atomic E-state index is 13.1. The quantitative estimate of drug-likeness (QED) is 0.588. The van der Waals surface area contributed by atoms with Crippen molar-refractivity contribution < 1.29 is 12.8 Å². The van der Waals surface area contributed by atoms with Gasteiger partial charge in [-0.3, -0.25) is 0 Å². The van der Waals surface area contributed by atoms with Gasteiger partial charge in [0, 0.05) is 18.7 Å². The molecule has 0 atom stereocenters. The number of rotatable bonds is 9. The molecular weight excluding hydrogens is 374 g/mol. The van der Waals surface area contributed by atoms with Gasteiger partial charge in [-0.15, -0.1) is 0 Å². The summed E-state index contributed by atoms with van der Waals surface area (Å²) >= 11 is 0. The van der Waals surface area contributed by atoms with E-state index in [1.54, 1.807) is 30.3 Å². The standard InChI is InChI=1S/C21H25N3O3S/c1-3-24(4-2)16-15-22-20-21(28(25,26)18-13-9-6-10-14-18)23-19(27-20)17-11-7-5-8-12-17/h5-14,22H,3-4,15-16H2,1-2H3. The van der Waals surface area contributed by atoms with Crippen LogP contribution in [-0.2, 0) is 9.84 Å². The molecule has 1 heterocycles. The Balaban J connectivity index is 1.96. The molecule has 3 rings (SSSR count). The third-order valence-electron chi connectivity index (χ3n) is 4.53. The fourth-order valence-electron chi connectivity index (χ4n) is 2.88. The number of likely N-dealkylation sites (N-methyl/N-ethyl adjacent to an activating group) is 1. The first-order chi connectivity index (χ1) is 13.6. The molecule has 0 spiro atoms. The van der Waals surface area contributed by atoms with Crippen molar-refractivity contribution in [2.75, 3.05) is 31.5 Å². The highest BCUT2D eigenvalue weighted by Gasteiger charge is 2.28. The van der Waals surface area contributed by atoms with Crippen LogP contribution in [0.3, 0.4) is 0 Å². The Labute approximate surface area is 166 Å². The van der Waals surface area contributed by atoms with Crippen LogP contribution in [0.25, 0.3) is 11.5 Å². The highest BCUT2D eigenvalue weighted by Crippen LogP contribution is 2.32. The van der Waals surface area contributed by atoms with Crippen LogP contribution in [0.4, 0.5) is 5.88 Å². The van der Waals surface area contributed by atoms with Crippen LogP contribution < -0.4 is 5.32 Å². The third kappa shape index (κ3) is 4.43. The van der Waals surface area contributed by atoms with Crippen molar-refractivity contribution >= 4 is 15.7 Å². The lowest BCUT2D eigenvalue weighted by atomic mass is 10.2. The summed E-state index contributed by atoms with van der Waals surface area (Å²) in [5.41, 5.74) is 0.726. The van der Waals surface area contributed by atoms with Crippen molar-refractivity contribution in [3.8, 4) is 11.5 Å². The van der Waals surface area contributed by atoms with E-state index in [0.29, 0.717) is 6.54 Å². The van der Waals surface area contributed by atoms with E-state index in [4.69, 9.17) is 4.42 Å². The summed E-state index contributed by atoms with van der Waals surface area (Å²) in [7, 11) is -3.80. The van der Waals surface area contributed by atoms with Crippen LogP contribution in [0.15, 0.2) is 75.0 Å². The summed E-state index contributed by atoms with van der Waals surface area (Å²) in [6, 6.07) is 17.6. The Bertz CT molecular complexity index is 982. The SMILES string of the molecule is CCN(CC)CCNc1oc(-c2ccccc2)nc1S(=O)(=O)c1ccccc1. The molecule has 1 aromatic heterocycles. The smallest absolute Gasteiger partial charge is 0.233 e. The average molecular weight is 400 g/mol. The van der Waals surface area contributed by atoms with Gasteiger partial charge in [-0.2, -0.15) is 4.98 Å². The van der Waals surface area contributed by atoms with Gasteiger partial charge < -0.3 is 14.6 Å². The molecule has 0 fully saturated rings. The Morgan fingerprint density at radius 2 is 1.57 bits per heavy atom. The number of nitrogens with one attached hydrogen (secondary N) is 1. The first-order valence-electron chi connectivity index (χ1n) is 9.38. The molecule has 0 aliphatic carbocycles. The Morgan fingerprint density at radius 1 is 0.964 bits per heavy atom. The summed E-state index contributed by atoms with van der Waals surface area (Å²) in [5, 5.41) is 3.04. The lowest BCUT2D eigenvalue weighted by Crippen LogP contribution is -2.28. The molecule has 0 unspecified atom stereocenters. The Kier molecular flexibility index (Phi) is 6.49. The van der Waals surface area contributed by atoms with Crippen LogP contribution in [0, 0.1) is 0 Å². The van der Waals surface area contributed by atoms with Gasteiger partial charge in [0.1, 0.15) is 0 Å². The minimum atomic E-state index is -3.80. The molecular formula is C21H25N3O3S. The second-order valence-electron chi connectivity index (χ2n) is 6.29. The van der Waals surface area contributed by atoms with Crippen molar-refractivity contribution in [3.05, 3.63) is 60.7 Å². The van der Waals surface area contributed by atoms with E-state index in [1.807, 2.05) is 30.3 Å². The first kappa shape index (κ1) is 20.1. The van der Waals surface area contributed by atoms with Gasteiger partial charge in [-0.1, -0.05) is 50.2 Å². The highest BCUT2D eigenvalue weighted by molar-refractivity contribution is 7.91. The van der Waals surface area contributed by atoms with Crippen LogP contribution >= 0.6 is 0 Å². The maximum absolute atomic E-state index is 13.1. The number of nitrogens with zero attached hydrogens (tertiary/aromatic N) is 2. The third-order valence-corrected chi connectivity index (χ3v) is 6.21. The molecule has 7 heteroatoms. The summed E-state index contributed by atoms with van der Waals surface area (Å²) < 4.78 is 32.1.